The monoisotopic (exact) mass is 949 g/mol. The molecule has 0 aliphatic carbocycles. The number of hydrogen-bond acceptors (Lipinski definition) is 6. The van der Waals surface area contributed by atoms with E-state index in [0.717, 1.165) is 116 Å². The average molecular weight is 950 g/mol. The lowest BCUT2D eigenvalue weighted by atomic mass is 10.0. The fourth-order valence-corrected chi connectivity index (χ4v) is 8.11. The van der Waals surface area contributed by atoms with Gasteiger partial charge < -0.3 is 14.2 Å². The molecule has 68 heavy (non-hydrogen) atoms. The first kappa shape index (κ1) is 64.8. The van der Waals surface area contributed by atoms with Crippen molar-refractivity contribution in [2.45, 2.75) is 290 Å². The maximum absolute atomic E-state index is 12.8. The third-order valence-corrected chi connectivity index (χ3v) is 12.4. The van der Waals surface area contributed by atoms with Gasteiger partial charge in [0.1, 0.15) is 13.2 Å². The van der Waals surface area contributed by atoms with E-state index in [-0.39, 0.29) is 31.1 Å². The van der Waals surface area contributed by atoms with Gasteiger partial charge in [0, 0.05) is 19.3 Å². The van der Waals surface area contributed by atoms with Gasteiger partial charge in [0.25, 0.3) is 0 Å². The second-order valence-electron chi connectivity index (χ2n) is 19.2. The van der Waals surface area contributed by atoms with Crippen LogP contribution in [0.2, 0.25) is 0 Å². The minimum atomic E-state index is -0.786. The third kappa shape index (κ3) is 53.8. The molecule has 0 saturated carbocycles. The van der Waals surface area contributed by atoms with Gasteiger partial charge >= 0.3 is 17.9 Å². The molecule has 1 unspecified atom stereocenters. The number of rotatable bonds is 52. The Kier molecular flexibility index (Phi) is 53.8. The lowest BCUT2D eigenvalue weighted by Crippen LogP contribution is -2.30. The van der Waals surface area contributed by atoms with Gasteiger partial charge in [-0.15, -0.1) is 0 Å². The Balaban J connectivity index is 4.34. The largest absolute Gasteiger partial charge is 0.462 e. The molecule has 0 saturated heterocycles. The number of ether oxygens (including phenoxy) is 3. The lowest BCUT2D eigenvalue weighted by Gasteiger charge is -2.18. The minimum absolute atomic E-state index is 0.0829. The first-order valence-electron chi connectivity index (χ1n) is 28.9. The molecule has 1 atom stereocenters. The van der Waals surface area contributed by atoms with E-state index in [4.69, 9.17) is 14.2 Å². The van der Waals surface area contributed by atoms with Crippen LogP contribution in [0.4, 0.5) is 0 Å². The molecule has 392 valence electrons. The number of esters is 3. The van der Waals surface area contributed by atoms with Crippen molar-refractivity contribution in [1.82, 2.24) is 0 Å². The maximum atomic E-state index is 12.8. The van der Waals surface area contributed by atoms with E-state index < -0.39 is 6.10 Å². The van der Waals surface area contributed by atoms with Crippen LogP contribution in [0.5, 0.6) is 0 Å². The Labute approximate surface area is 421 Å². The predicted molar refractivity (Wildman–Crippen MR) is 293 cm³/mol. The summed E-state index contributed by atoms with van der Waals surface area (Å²) in [4.78, 5) is 38.1. The van der Waals surface area contributed by atoms with E-state index in [9.17, 15) is 14.4 Å². The van der Waals surface area contributed by atoms with Crippen LogP contribution in [0.3, 0.4) is 0 Å². The van der Waals surface area contributed by atoms with Gasteiger partial charge in [-0.1, -0.05) is 248 Å². The Bertz CT molecular complexity index is 1270. The first-order valence-corrected chi connectivity index (χ1v) is 28.9. The molecule has 0 radical (unpaired) electrons. The Hall–Kier alpha value is -3.15. The molecular weight excluding hydrogens is 841 g/mol. The summed E-state index contributed by atoms with van der Waals surface area (Å²) in [6.07, 6.45) is 71.8. The van der Waals surface area contributed by atoms with Gasteiger partial charge in [-0.2, -0.15) is 0 Å². The standard InChI is InChI=1S/C62H108O6/c1-4-7-10-13-16-19-22-25-27-28-29-30-31-32-33-34-36-37-40-43-46-49-52-55-61(64)67-58-59(57-66-60(63)54-51-48-45-42-39-24-21-18-15-12-9-6-3)68-62(65)56-53-50-47-44-41-38-35-26-23-20-17-14-11-8-5-2/h8,11,17,20,22,25-26,28-29,31-32,35,59H,4-7,9-10,12-16,18-19,21,23-24,27,30,33-34,36-58H2,1-3H3/b11-8-,20-17-,25-22-,29-28-,32-31-,35-26-. The van der Waals surface area contributed by atoms with Crippen LogP contribution in [0.25, 0.3) is 0 Å². The molecule has 6 heteroatoms. The summed E-state index contributed by atoms with van der Waals surface area (Å²) < 4.78 is 16.8. The molecule has 0 aromatic rings. The van der Waals surface area contributed by atoms with E-state index in [2.05, 4.69) is 93.7 Å². The van der Waals surface area contributed by atoms with Gasteiger partial charge in [0.15, 0.2) is 6.10 Å². The highest BCUT2D eigenvalue weighted by molar-refractivity contribution is 5.71. The average Bonchev–Trinajstić information content (AvgIpc) is 3.34. The molecule has 0 aliphatic heterocycles. The summed E-state index contributed by atoms with van der Waals surface area (Å²) in [6, 6.07) is 0. The van der Waals surface area contributed by atoms with Crippen LogP contribution in [-0.4, -0.2) is 37.2 Å². The Morgan fingerprint density at radius 2 is 0.574 bits per heavy atom. The Morgan fingerprint density at radius 1 is 0.309 bits per heavy atom. The zero-order valence-corrected chi connectivity index (χ0v) is 44.9. The SMILES string of the molecule is CC/C=C\C/C=C\C/C=C\CCCCCCCC(=O)OC(COC(=O)CCCCCCCCCC/C=C\C/C=C\C/C=C\CCCCCCC)COC(=O)CCCCCCCCCCCCCC. The predicted octanol–water partition coefficient (Wildman–Crippen LogP) is 19.4. The molecule has 0 bridgehead atoms. The van der Waals surface area contributed by atoms with Crippen molar-refractivity contribution in [3.8, 4) is 0 Å². The van der Waals surface area contributed by atoms with Crippen LogP contribution in [0.15, 0.2) is 72.9 Å². The number of carbonyl (C=O) groups excluding carboxylic acids is 3. The van der Waals surface area contributed by atoms with E-state index in [1.165, 1.54) is 128 Å². The number of carbonyl (C=O) groups is 3. The molecule has 0 aromatic carbocycles. The maximum Gasteiger partial charge on any atom is 0.306 e. The molecule has 0 heterocycles. The summed E-state index contributed by atoms with van der Waals surface area (Å²) in [6.45, 7) is 6.51. The summed E-state index contributed by atoms with van der Waals surface area (Å²) in [5, 5.41) is 0. The summed E-state index contributed by atoms with van der Waals surface area (Å²) in [5.74, 6) is -0.900. The van der Waals surface area contributed by atoms with Crippen molar-refractivity contribution in [2.75, 3.05) is 13.2 Å². The minimum Gasteiger partial charge on any atom is -0.462 e. The highest BCUT2D eigenvalue weighted by atomic mass is 16.6. The summed E-state index contributed by atoms with van der Waals surface area (Å²) >= 11 is 0. The molecule has 0 N–H and O–H groups in total. The molecule has 0 rings (SSSR count). The molecule has 0 aliphatic rings. The van der Waals surface area contributed by atoms with Gasteiger partial charge in [-0.3, -0.25) is 14.4 Å². The van der Waals surface area contributed by atoms with Gasteiger partial charge in [0.2, 0.25) is 0 Å². The number of unbranched alkanes of at least 4 members (excludes halogenated alkanes) is 29. The van der Waals surface area contributed by atoms with Crippen molar-refractivity contribution in [3.63, 3.8) is 0 Å². The molecule has 0 aromatic heterocycles. The number of hydrogen-bond donors (Lipinski definition) is 0. The Morgan fingerprint density at radius 3 is 0.897 bits per heavy atom. The highest BCUT2D eigenvalue weighted by Gasteiger charge is 2.19. The van der Waals surface area contributed by atoms with E-state index in [0.29, 0.717) is 19.3 Å². The second-order valence-corrected chi connectivity index (χ2v) is 19.2. The summed E-state index contributed by atoms with van der Waals surface area (Å²) in [7, 11) is 0. The topological polar surface area (TPSA) is 78.9 Å². The van der Waals surface area contributed by atoms with E-state index in [1.807, 2.05) is 0 Å². The quantitative estimate of drug-likeness (QED) is 0.0262. The van der Waals surface area contributed by atoms with Crippen molar-refractivity contribution in [2.24, 2.45) is 0 Å². The highest BCUT2D eigenvalue weighted by Crippen LogP contribution is 2.15. The van der Waals surface area contributed by atoms with Crippen LogP contribution in [-0.2, 0) is 28.6 Å². The van der Waals surface area contributed by atoms with E-state index in [1.54, 1.807) is 0 Å². The molecule has 0 amide bonds. The second kappa shape index (κ2) is 56.4. The van der Waals surface area contributed by atoms with Crippen molar-refractivity contribution in [3.05, 3.63) is 72.9 Å². The van der Waals surface area contributed by atoms with Crippen LogP contribution in [0.1, 0.15) is 284 Å². The fraction of sp³-hybridized carbons (Fsp3) is 0.758. The van der Waals surface area contributed by atoms with Crippen LogP contribution < -0.4 is 0 Å². The van der Waals surface area contributed by atoms with Gasteiger partial charge in [-0.25, -0.2) is 0 Å². The van der Waals surface area contributed by atoms with Crippen molar-refractivity contribution < 1.29 is 28.6 Å². The molecular formula is C62H108O6. The van der Waals surface area contributed by atoms with Crippen LogP contribution in [0, 0.1) is 0 Å². The van der Waals surface area contributed by atoms with Gasteiger partial charge in [0.05, 0.1) is 0 Å². The lowest BCUT2D eigenvalue weighted by molar-refractivity contribution is -0.167. The molecule has 6 nitrogen and oxygen atoms in total. The normalized spacial score (nSPS) is 12.6. The third-order valence-electron chi connectivity index (χ3n) is 12.4. The van der Waals surface area contributed by atoms with Gasteiger partial charge in [-0.05, 0) is 89.9 Å². The van der Waals surface area contributed by atoms with Crippen molar-refractivity contribution >= 4 is 17.9 Å². The smallest absolute Gasteiger partial charge is 0.306 e. The van der Waals surface area contributed by atoms with E-state index >= 15 is 0 Å². The zero-order chi connectivity index (χ0) is 49.3. The zero-order valence-electron chi connectivity index (χ0n) is 44.9. The fourth-order valence-electron chi connectivity index (χ4n) is 8.11. The number of allylic oxidation sites excluding steroid dienone is 12. The molecule has 0 fully saturated rings. The van der Waals surface area contributed by atoms with Crippen molar-refractivity contribution in [1.29, 1.82) is 0 Å². The first-order chi connectivity index (χ1) is 33.5. The summed E-state index contributed by atoms with van der Waals surface area (Å²) in [5.41, 5.74) is 0. The van der Waals surface area contributed by atoms with Crippen LogP contribution >= 0.6 is 0 Å². The molecule has 0 spiro atoms.